The van der Waals surface area contributed by atoms with Crippen LogP contribution >= 0.6 is 0 Å². The Balaban J connectivity index is 2.42. The molecule has 0 bridgehead atoms. The number of aliphatic hydroxyl groups excluding tert-OH is 1. The number of nitrogens with zero attached hydrogens (tertiary/aromatic N) is 2. The van der Waals surface area contributed by atoms with Crippen molar-refractivity contribution in [3.05, 3.63) is 12.4 Å². The Morgan fingerprint density at radius 2 is 2.41 bits per heavy atom. The molecule has 3 N–H and O–H groups in total. The van der Waals surface area contributed by atoms with E-state index in [0.29, 0.717) is 6.04 Å². The largest absolute Gasteiger partial charge is 0.395 e. The van der Waals surface area contributed by atoms with Gasteiger partial charge in [0.05, 0.1) is 18.5 Å². The van der Waals surface area contributed by atoms with Crippen LogP contribution in [0.2, 0.25) is 0 Å². The summed E-state index contributed by atoms with van der Waals surface area (Å²) < 4.78 is 1.57. The van der Waals surface area contributed by atoms with E-state index >= 15 is 0 Å². The highest BCUT2D eigenvalue weighted by Gasteiger charge is 2.05. The molecule has 0 aliphatic rings. The summed E-state index contributed by atoms with van der Waals surface area (Å²) in [6, 6.07) is 0.385. The van der Waals surface area contributed by atoms with Crippen molar-refractivity contribution in [1.82, 2.24) is 15.1 Å². The van der Waals surface area contributed by atoms with E-state index < -0.39 is 0 Å². The number of rotatable bonds is 7. The number of aliphatic hydroxyl groups is 1. The van der Waals surface area contributed by atoms with Crippen molar-refractivity contribution in [2.75, 3.05) is 18.5 Å². The van der Waals surface area contributed by atoms with Gasteiger partial charge in [0.25, 0.3) is 0 Å². The van der Waals surface area contributed by atoms with Crippen LogP contribution in [0.4, 0.5) is 5.69 Å². The van der Waals surface area contributed by atoms with Gasteiger partial charge in [-0.2, -0.15) is 5.10 Å². The molecular formula is C11H20N4O2. The van der Waals surface area contributed by atoms with Crippen molar-refractivity contribution >= 4 is 11.6 Å². The lowest BCUT2D eigenvalue weighted by atomic mass is 10.2. The van der Waals surface area contributed by atoms with E-state index in [0.717, 1.165) is 12.1 Å². The third kappa shape index (κ3) is 4.86. The van der Waals surface area contributed by atoms with Gasteiger partial charge in [-0.25, -0.2) is 0 Å². The summed E-state index contributed by atoms with van der Waals surface area (Å²) in [5.74, 6) is -0.155. The Hall–Kier alpha value is -1.56. The second kappa shape index (κ2) is 6.90. The highest BCUT2D eigenvalue weighted by atomic mass is 16.3. The van der Waals surface area contributed by atoms with E-state index in [9.17, 15) is 4.79 Å². The second-order valence-corrected chi connectivity index (χ2v) is 3.95. The average molecular weight is 240 g/mol. The van der Waals surface area contributed by atoms with Gasteiger partial charge in [0.15, 0.2) is 0 Å². The first-order valence-electron chi connectivity index (χ1n) is 5.82. The topological polar surface area (TPSA) is 79.2 Å². The Bertz CT molecular complexity index is 351. The minimum atomic E-state index is -0.155. The fraction of sp³-hybridized carbons (Fsp3) is 0.636. The SMILES string of the molecule is CCC(C)Nc1cnn(CC(=O)NCCO)c1. The average Bonchev–Trinajstić information content (AvgIpc) is 2.73. The molecule has 96 valence electrons. The van der Waals surface area contributed by atoms with Crippen molar-refractivity contribution in [2.24, 2.45) is 0 Å². The molecule has 0 saturated heterocycles. The van der Waals surface area contributed by atoms with Crippen LogP contribution in [0.5, 0.6) is 0 Å². The lowest BCUT2D eigenvalue weighted by Crippen LogP contribution is -2.30. The molecular weight excluding hydrogens is 220 g/mol. The van der Waals surface area contributed by atoms with Crippen LogP contribution < -0.4 is 10.6 Å². The predicted molar refractivity (Wildman–Crippen MR) is 65.7 cm³/mol. The van der Waals surface area contributed by atoms with Gasteiger partial charge < -0.3 is 15.7 Å². The fourth-order valence-corrected chi connectivity index (χ4v) is 1.31. The molecule has 1 aromatic heterocycles. The molecule has 17 heavy (non-hydrogen) atoms. The maximum absolute atomic E-state index is 11.4. The molecule has 1 aromatic rings. The number of aromatic nitrogens is 2. The summed E-state index contributed by atoms with van der Waals surface area (Å²) in [5.41, 5.74) is 0.911. The molecule has 0 fully saturated rings. The first-order valence-corrected chi connectivity index (χ1v) is 5.82. The van der Waals surface area contributed by atoms with Crippen LogP contribution in [0.15, 0.2) is 12.4 Å². The third-order valence-corrected chi connectivity index (χ3v) is 2.40. The zero-order valence-electron chi connectivity index (χ0n) is 10.3. The van der Waals surface area contributed by atoms with Gasteiger partial charge in [0.1, 0.15) is 6.54 Å². The minimum absolute atomic E-state index is 0.0499. The van der Waals surface area contributed by atoms with Crippen molar-refractivity contribution in [1.29, 1.82) is 0 Å². The first-order chi connectivity index (χ1) is 8.15. The predicted octanol–water partition coefficient (Wildman–Crippen LogP) is 0.202. The number of carbonyl (C=O) groups is 1. The highest BCUT2D eigenvalue weighted by Crippen LogP contribution is 2.07. The normalized spacial score (nSPS) is 12.2. The zero-order chi connectivity index (χ0) is 12.7. The number of amides is 1. The van der Waals surface area contributed by atoms with Crippen LogP contribution in [0, 0.1) is 0 Å². The summed E-state index contributed by atoms with van der Waals surface area (Å²) in [5, 5.41) is 18.5. The molecule has 0 spiro atoms. The number of nitrogens with one attached hydrogen (secondary N) is 2. The lowest BCUT2D eigenvalue weighted by molar-refractivity contribution is -0.122. The highest BCUT2D eigenvalue weighted by molar-refractivity contribution is 5.75. The Morgan fingerprint density at radius 3 is 3.06 bits per heavy atom. The Labute approximate surface area is 101 Å². The van der Waals surface area contributed by atoms with E-state index in [1.165, 1.54) is 0 Å². The second-order valence-electron chi connectivity index (χ2n) is 3.95. The summed E-state index contributed by atoms with van der Waals surface area (Å²) in [6.45, 7) is 4.58. The zero-order valence-corrected chi connectivity index (χ0v) is 10.3. The minimum Gasteiger partial charge on any atom is -0.395 e. The molecule has 0 aliphatic heterocycles. The van der Waals surface area contributed by atoms with Crippen molar-refractivity contribution < 1.29 is 9.90 Å². The third-order valence-electron chi connectivity index (χ3n) is 2.40. The van der Waals surface area contributed by atoms with Crippen molar-refractivity contribution in [3.63, 3.8) is 0 Å². The molecule has 1 atom stereocenters. The van der Waals surface area contributed by atoms with Gasteiger partial charge in [-0.3, -0.25) is 9.48 Å². The van der Waals surface area contributed by atoms with Crippen LogP contribution in [-0.4, -0.2) is 40.0 Å². The van der Waals surface area contributed by atoms with Crippen LogP contribution in [0.1, 0.15) is 20.3 Å². The van der Waals surface area contributed by atoms with Gasteiger partial charge in [-0.15, -0.1) is 0 Å². The Kier molecular flexibility index (Phi) is 5.48. The van der Waals surface area contributed by atoms with Gasteiger partial charge in [-0.05, 0) is 13.3 Å². The first kappa shape index (κ1) is 13.5. The van der Waals surface area contributed by atoms with Gasteiger partial charge in [0, 0.05) is 18.8 Å². The smallest absolute Gasteiger partial charge is 0.241 e. The molecule has 0 aromatic carbocycles. The number of carbonyl (C=O) groups excluding carboxylic acids is 1. The molecule has 6 nitrogen and oxygen atoms in total. The van der Waals surface area contributed by atoms with Crippen LogP contribution in [-0.2, 0) is 11.3 Å². The number of hydrogen-bond donors (Lipinski definition) is 3. The summed E-state index contributed by atoms with van der Waals surface area (Å²) >= 11 is 0. The number of hydrogen-bond acceptors (Lipinski definition) is 4. The quantitative estimate of drug-likeness (QED) is 0.636. The standard InChI is InChI=1S/C11H20N4O2/c1-3-9(2)14-10-6-13-15(7-10)8-11(17)12-4-5-16/h6-7,9,14,16H,3-5,8H2,1-2H3,(H,12,17). The van der Waals surface area contributed by atoms with E-state index in [2.05, 4.69) is 29.6 Å². The monoisotopic (exact) mass is 240 g/mol. The van der Waals surface area contributed by atoms with E-state index in [4.69, 9.17) is 5.11 Å². The van der Waals surface area contributed by atoms with Gasteiger partial charge in [-0.1, -0.05) is 6.92 Å². The van der Waals surface area contributed by atoms with Gasteiger partial charge >= 0.3 is 0 Å². The van der Waals surface area contributed by atoms with Crippen molar-refractivity contribution in [3.8, 4) is 0 Å². The summed E-state index contributed by atoms with van der Waals surface area (Å²) in [6.07, 6.45) is 4.53. The maximum Gasteiger partial charge on any atom is 0.241 e. The van der Waals surface area contributed by atoms with E-state index in [1.807, 2.05) is 0 Å². The summed E-state index contributed by atoms with van der Waals surface area (Å²) in [4.78, 5) is 11.4. The van der Waals surface area contributed by atoms with Gasteiger partial charge in [0.2, 0.25) is 5.91 Å². The molecule has 0 aliphatic carbocycles. The number of anilines is 1. The molecule has 1 unspecified atom stereocenters. The lowest BCUT2D eigenvalue weighted by Gasteiger charge is -2.09. The molecule has 1 heterocycles. The summed E-state index contributed by atoms with van der Waals surface area (Å²) in [7, 11) is 0. The molecule has 1 rings (SSSR count). The maximum atomic E-state index is 11.4. The van der Waals surface area contributed by atoms with Crippen LogP contribution in [0.3, 0.4) is 0 Å². The van der Waals surface area contributed by atoms with Crippen molar-refractivity contribution in [2.45, 2.75) is 32.9 Å². The molecule has 6 heteroatoms. The Morgan fingerprint density at radius 1 is 1.65 bits per heavy atom. The fourth-order valence-electron chi connectivity index (χ4n) is 1.31. The van der Waals surface area contributed by atoms with E-state index in [-0.39, 0.29) is 25.6 Å². The molecule has 1 amide bonds. The molecule has 0 saturated carbocycles. The van der Waals surface area contributed by atoms with Crippen LogP contribution in [0.25, 0.3) is 0 Å². The molecule has 0 radical (unpaired) electrons. The van der Waals surface area contributed by atoms with E-state index in [1.54, 1.807) is 17.1 Å².